The van der Waals surface area contributed by atoms with E-state index in [2.05, 4.69) is 26.1 Å². The second-order valence-corrected chi connectivity index (χ2v) is 4.14. The quantitative estimate of drug-likeness (QED) is 0.803. The summed E-state index contributed by atoms with van der Waals surface area (Å²) in [5.41, 5.74) is -0.242. The lowest BCUT2D eigenvalue weighted by Crippen LogP contribution is -2.42. The average Bonchev–Trinajstić information content (AvgIpc) is 2.30. The van der Waals surface area contributed by atoms with Crippen molar-refractivity contribution in [1.82, 2.24) is 5.32 Å². The second kappa shape index (κ2) is 5.85. The van der Waals surface area contributed by atoms with Crippen molar-refractivity contribution in [1.29, 1.82) is 0 Å². The number of rotatable bonds is 6. The standard InChI is InChI=1S/C13H20FNO/c1-4-13(3,10-15-5-2)16-12-8-6-11(14)7-9-12/h6-9,15H,4-5,10H2,1-3H3. The Morgan fingerprint density at radius 1 is 1.25 bits per heavy atom. The number of hydrogen-bond donors (Lipinski definition) is 1. The first kappa shape index (κ1) is 13.0. The third kappa shape index (κ3) is 3.81. The van der Waals surface area contributed by atoms with Crippen LogP contribution in [-0.4, -0.2) is 18.7 Å². The zero-order chi connectivity index (χ0) is 12.0. The maximum atomic E-state index is 12.7. The first-order valence-corrected chi connectivity index (χ1v) is 5.75. The lowest BCUT2D eigenvalue weighted by molar-refractivity contribution is 0.0841. The molecule has 0 amide bonds. The van der Waals surface area contributed by atoms with E-state index in [0.717, 1.165) is 19.5 Å². The molecule has 1 atom stereocenters. The van der Waals surface area contributed by atoms with Gasteiger partial charge in [0.1, 0.15) is 17.2 Å². The molecule has 0 radical (unpaired) electrons. The van der Waals surface area contributed by atoms with Crippen LogP contribution >= 0.6 is 0 Å². The van der Waals surface area contributed by atoms with Crippen molar-refractivity contribution in [2.24, 2.45) is 0 Å². The Kier molecular flexibility index (Phi) is 4.74. The molecule has 0 fully saturated rings. The van der Waals surface area contributed by atoms with Gasteiger partial charge in [-0.1, -0.05) is 13.8 Å². The van der Waals surface area contributed by atoms with Crippen molar-refractivity contribution in [3.63, 3.8) is 0 Å². The molecule has 1 unspecified atom stereocenters. The van der Waals surface area contributed by atoms with Gasteiger partial charge in [-0.15, -0.1) is 0 Å². The molecule has 0 saturated carbocycles. The Hall–Kier alpha value is -1.09. The Morgan fingerprint density at radius 2 is 1.88 bits per heavy atom. The first-order valence-electron chi connectivity index (χ1n) is 5.75. The molecule has 0 aliphatic rings. The van der Waals surface area contributed by atoms with E-state index in [4.69, 9.17) is 4.74 Å². The van der Waals surface area contributed by atoms with Gasteiger partial charge in [-0.05, 0) is 44.2 Å². The second-order valence-electron chi connectivity index (χ2n) is 4.14. The van der Waals surface area contributed by atoms with Crippen molar-refractivity contribution in [2.75, 3.05) is 13.1 Å². The molecular weight excluding hydrogens is 205 g/mol. The molecule has 2 nitrogen and oxygen atoms in total. The molecule has 90 valence electrons. The summed E-state index contributed by atoms with van der Waals surface area (Å²) in [5.74, 6) is 0.473. The molecule has 1 rings (SSSR count). The van der Waals surface area contributed by atoms with Gasteiger partial charge in [-0.2, -0.15) is 0 Å². The number of nitrogens with one attached hydrogen (secondary N) is 1. The Balaban J connectivity index is 2.64. The van der Waals surface area contributed by atoms with Crippen LogP contribution in [0, 0.1) is 5.82 Å². The van der Waals surface area contributed by atoms with Crippen LogP contribution < -0.4 is 10.1 Å². The molecule has 16 heavy (non-hydrogen) atoms. The monoisotopic (exact) mass is 225 g/mol. The van der Waals surface area contributed by atoms with Crippen molar-refractivity contribution in [2.45, 2.75) is 32.8 Å². The molecule has 0 saturated heterocycles. The van der Waals surface area contributed by atoms with Crippen molar-refractivity contribution < 1.29 is 9.13 Å². The number of hydrogen-bond acceptors (Lipinski definition) is 2. The summed E-state index contributed by atoms with van der Waals surface area (Å²) in [6, 6.07) is 6.15. The minimum atomic E-state index is -0.242. The normalized spacial score (nSPS) is 14.5. The van der Waals surface area contributed by atoms with Crippen LogP contribution in [0.5, 0.6) is 5.75 Å². The van der Waals surface area contributed by atoms with Gasteiger partial charge in [0.2, 0.25) is 0 Å². The predicted molar refractivity (Wildman–Crippen MR) is 64.3 cm³/mol. The molecule has 0 aromatic heterocycles. The SMILES string of the molecule is CCNCC(C)(CC)Oc1ccc(F)cc1. The first-order chi connectivity index (χ1) is 7.59. The molecule has 1 N–H and O–H groups in total. The summed E-state index contributed by atoms with van der Waals surface area (Å²) >= 11 is 0. The van der Waals surface area contributed by atoms with E-state index >= 15 is 0 Å². The van der Waals surface area contributed by atoms with Gasteiger partial charge in [0.15, 0.2) is 0 Å². The lowest BCUT2D eigenvalue weighted by atomic mass is 10.0. The van der Waals surface area contributed by atoms with Gasteiger partial charge in [-0.25, -0.2) is 4.39 Å². The smallest absolute Gasteiger partial charge is 0.123 e. The Bertz CT molecular complexity index is 312. The highest BCUT2D eigenvalue weighted by Gasteiger charge is 2.23. The van der Waals surface area contributed by atoms with Crippen LogP contribution in [0.1, 0.15) is 27.2 Å². The highest BCUT2D eigenvalue weighted by Crippen LogP contribution is 2.20. The van der Waals surface area contributed by atoms with E-state index in [1.807, 2.05) is 0 Å². The zero-order valence-corrected chi connectivity index (χ0v) is 10.2. The van der Waals surface area contributed by atoms with Gasteiger partial charge in [-0.3, -0.25) is 0 Å². The molecular formula is C13H20FNO. The molecule has 0 spiro atoms. The van der Waals surface area contributed by atoms with Crippen LogP contribution in [0.4, 0.5) is 4.39 Å². The molecule has 0 bridgehead atoms. The maximum absolute atomic E-state index is 12.7. The van der Waals surface area contributed by atoms with Gasteiger partial charge in [0, 0.05) is 6.54 Å². The summed E-state index contributed by atoms with van der Waals surface area (Å²) in [4.78, 5) is 0. The van der Waals surface area contributed by atoms with Crippen LogP contribution in [0.15, 0.2) is 24.3 Å². The Morgan fingerprint density at radius 3 is 2.38 bits per heavy atom. The highest BCUT2D eigenvalue weighted by molar-refractivity contribution is 5.23. The van der Waals surface area contributed by atoms with E-state index in [9.17, 15) is 4.39 Å². The maximum Gasteiger partial charge on any atom is 0.123 e. The van der Waals surface area contributed by atoms with Crippen LogP contribution in [0.25, 0.3) is 0 Å². The lowest BCUT2D eigenvalue weighted by Gasteiger charge is -2.29. The van der Waals surface area contributed by atoms with Gasteiger partial charge < -0.3 is 10.1 Å². The summed E-state index contributed by atoms with van der Waals surface area (Å²) in [5, 5.41) is 3.27. The van der Waals surface area contributed by atoms with E-state index in [0.29, 0.717) is 5.75 Å². The van der Waals surface area contributed by atoms with E-state index in [1.165, 1.54) is 12.1 Å². The fourth-order valence-corrected chi connectivity index (χ4v) is 1.41. The van der Waals surface area contributed by atoms with Crippen molar-refractivity contribution in [3.05, 3.63) is 30.1 Å². The fraction of sp³-hybridized carbons (Fsp3) is 0.538. The van der Waals surface area contributed by atoms with E-state index in [-0.39, 0.29) is 11.4 Å². The van der Waals surface area contributed by atoms with Crippen LogP contribution in [-0.2, 0) is 0 Å². The third-order valence-corrected chi connectivity index (χ3v) is 2.67. The van der Waals surface area contributed by atoms with Gasteiger partial charge in [0.05, 0.1) is 0 Å². The predicted octanol–water partition coefficient (Wildman–Crippen LogP) is 2.98. The summed E-state index contributed by atoms with van der Waals surface area (Å²) < 4.78 is 18.6. The summed E-state index contributed by atoms with van der Waals surface area (Å²) in [6.07, 6.45) is 0.900. The number of halogens is 1. The molecule has 1 aromatic rings. The molecule has 0 aliphatic carbocycles. The topological polar surface area (TPSA) is 21.3 Å². The average molecular weight is 225 g/mol. The molecule has 0 aliphatic heterocycles. The van der Waals surface area contributed by atoms with Crippen LogP contribution in [0.2, 0.25) is 0 Å². The zero-order valence-electron chi connectivity index (χ0n) is 10.2. The van der Waals surface area contributed by atoms with Crippen molar-refractivity contribution in [3.8, 4) is 5.75 Å². The summed E-state index contributed by atoms with van der Waals surface area (Å²) in [7, 11) is 0. The van der Waals surface area contributed by atoms with Crippen LogP contribution in [0.3, 0.4) is 0 Å². The number of ether oxygens (including phenoxy) is 1. The Labute approximate surface area is 96.8 Å². The van der Waals surface area contributed by atoms with E-state index in [1.54, 1.807) is 12.1 Å². The van der Waals surface area contributed by atoms with Gasteiger partial charge >= 0.3 is 0 Å². The van der Waals surface area contributed by atoms with Crippen molar-refractivity contribution >= 4 is 0 Å². The third-order valence-electron chi connectivity index (χ3n) is 2.67. The molecule has 1 aromatic carbocycles. The minimum absolute atomic E-state index is 0.239. The largest absolute Gasteiger partial charge is 0.486 e. The molecule has 0 heterocycles. The van der Waals surface area contributed by atoms with Gasteiger partial charge in [0.25, 0.3) is 0 Å². The molecule has 3 heteroatoms. The highest BCUT2D eigenvalue weighted by atomic mass is 19.1. The van der Waals surface area contributed by atoms with E-state index < -0.39 is 0 Å². The minimum Gasteiger partial charge on any atom is -0.486 e. The summed E-state index contributed by atoms with van der Waals surface area (Å²) in [6.45, 7) is 7.91. The number of benzene rings is 1. The fourth-order valence-electron chi connectivity index (χ4n) is 1.41. The number of likely N-dealkylation sites (N-methyl/N-ethyl adjacent to an activating group) is 1.